The van der Waals surface area contributed by atoms with Crippen LogP contribution in [0.25, 0.3) is 21.9 Å². The molecule has 182 valence electrons. The van der Waals surface area contributed by atoms with Crippen molar-refractivity contribution in [1.82, 2.24) is 20.2 Å². The molecule has 11 heteroatoms. The molecule has 2 aromatic heterocycles. The number of methoxy groups -OCH3 is 1. The number of ether oxygens (including phenoxy) is 1. The van der Waals surface area contributed by atoms with Gasteiger partial charge in [-0.15, -0.1) is 0 Å². The lowest BCUT2D eigenvalue weighted by molar-refractivity contribution is -0.124. The van der Waals surface area contributed by atoms with Crippen LogP contribution >= 0.6 is 0 Å². The Morgan fingerprint density at radius 3 is 2.53 bits per heavy atom. The number of nitrogens with zero attached hydrogens (tertiary/aromatic N) is 2. The lowest BCUT2D eigenvalue weighted by Crippen LogP contribution is -2.47. The van der Waals surface area contributed by atoms with Crippen LogP contribution in [-0.2, 0) is 16.9 Å². The molecule has 36 heavy (non-hydrogen) atoms. The topological polar surface area (TPSA) is 175 Å². The van der Waals surface area contributed by atoms with Gasteiger partial charge in [-0.05, 0) is 35.4 Å². The minimum atomic E-state index is -1.48. The maximum absolute atomic E-state index is 13.1. The molecule has 0 aliphatic carbocycles. The fourth-order valence-electron chi connectivity index (χ4n) is 4.40. The number of hydrogen-bond acceptors (Lipinski definition) is 7. The molecule has 0 unspecified atom stereocenters. The van der Waals surface area contributed by atoms with Crippen LogP contribution in [0.5, 0.6) is 11.6 Å². The van der Waals surface area contributed by atoms with E-state index in [-0.39, 0.29) is 23.8 Å². The number of nitrogen functional groups attached to an aromatic ring is 1. The molecule has 0 saturated carbocycles. The number of aromatic hydroxyl groups is 1. The number of amides is 4. The number of benzene rings is 2. The number of anilines is 1. The Morgan fingerprint density at radius 1 is 1.14 bits per heavy atom. The Bertz CT molecular complexity index is 1540. The highest BCUT2D eigenvalue weighted by atomic mass is 16.5. The van der Waals surface area contributed by atoms with Crippen molar-refractivity contribution in [2.24, 2.45) is 5.73 Å². The Labute approximate surface area is 204 Å². The molecule has 4 aromatic rings. The number of imide groups is 1. The van der Waals surface area contributed by atoms with Gasteiger partial charge in [0.1, 0.15) is 11.6 Å². The third-order valence-corrected chi connectivity index (χ3v) is 6.31. The summed E-state index contributed by atoms with van der Waals surface area (Å²) in [5.74, 6) is -0.714. The second-order valence-corrected chi connectivity index (χ2v) is 8.45. The van der Waals surface area contributed by atoms with Gasteiger partial charge >= 0.3 is 6.03 Å². The van der Waals surface area contributed by atoms with Crippen LogP contribution in [0.15, 0.2) is 60.9 Å². The van der Waals surface area contributed by atoms with E-state index < -0.39 is 23.4 Å². The summed E-state index contributed by atoms with van der Waals surface area (Å²) in [6, 6.07) is 13.0. The zero-order chi connectivity index (χ0) is 25.6. The number of pyridine rings is 1. The molecule has 1 aliphatic rings. The smallest absolute Gasteiger partial charge is 0.322 e. The first-order valence-electron chi connectivity index (χ1n) is 10.9. The average molecular weight is 486 g/mol. The quantitative estimate of drug-likeness (QED) is 0.258. The molecule has 11 nitrogen and oxygen atoms in total. The molecular formula is C25H22N6O5. The van der Waals surface area contributed by atoms with Crippen LogP contribution in [0.2, 0.25) is 0 Å². The van der Waals surface area contributed by atoms with Gasteiger partial charge in [0, 0.05) is 28.7 Å². The first kappa shape index (κ1) is 22.7. The third kappa shape index (κ3) is 3.63. The highest BCUT2D eigenvalue weighted by Gasteiger charge is 2.48. The molecule has 4 amide bonds. The molecule has 1 atom stereocenters. The summed E-state index contributed by atoms with van der Waals surface area (Å²) >= 11 is 0. The van der Waals surface area contributed by atoms with Gasteiger partial charge in [-0.25, -0.2) is 9.78 Å². The second-order valence-electron chi connectivity index (χ2n) is 8.45. The molecule has 2 aromatic carbocycles. The fourth-order valence-corrected chi connectivity index (χ4v) is 4.40. The number of aromatic nitrogens is 2. The van der Waals surface area contributed by atoms with E-state index in [1.54, 1.807) is 48.7 Å². The van der Waals surface area contributed by atoms with Crippen LogP contribution in [0.1, 0.15) is 15.9 Å². The second kappa shape index (κ2) is 8.31. The first-order chi connectivity index (χ1) is 17.2. The molecule has 1 fully saturated rings. The Balaban J connectivity index is 1.55. The van der Waals surface area contributed by atoms with Crippen LogP contribution in [0.3, 0.4) is 0 Å². The highest BCUT2D eigenvalue weighted by Crippen LogP contribution is 2.35. The van der Waals surface area contributed by atoms with Crippen LogP contribution in [0, 0.1) is 0 Å². The van der Waals surface area contributed by atoms with E-state index in [1.807, 2.05) is 0 Å². The summed E-state index contributed by atoms with van der Waals surface area (Å²) in [5, 5.41) is 17.2. The number of urea groups is 1. The van der Waals surface area contributed by atoms with E-state index in [2.05, 4.69) is 15.6 Å². The maximum Gasteiger partial charge on any atom is 0.322 e. The van der Waals surface area contributed by atoms with Crippen molar-refractivity contribution in [3.05, 3.63) is 72.1 Å². The summed E-state index contributed by atoms with van der Waals surface area (Å²) < 4.78 is 6.74. The molecule has 0 radical (unpaired) electrons. The minimum Gasteiger partial charge on any atom is -0.497 e. The lowest BCUT2D eigenvalue weighted by atomic mass is 9.88. The normalized spacial score (nSPS) is 17.1. The third-order valence-electron chi connectivity index (χ3n) is 6.31. The van der Waals surface area contributed by atoms with Gasteiger partial charge in [-0.2, -0.15) is 0 Å². The molecule has 1 aliphatic heterocycles. The monoisotopic (exact) mass is 486 g/mol. The molecule has 0 bridgehead atoms. The number of carbonyl (C=O) groups is 3. The predicted molar refractivity (Wildman–Crippen MR) is 131 cm³/mol. The number of fused-ring (bicyclic) bond motifs is 1. The van der Waals surface area contributed by atoms with E-state index in [4.69, 9.17) is 16.2 Å². The largest absolute Gasteiger partial charge is 0.497 e. The van der Waals surface area contributed by atoms with Crippen molar-refractivity contribution < 1.29 is 24.2 Å². The van der Waals surface area contributed by atoms with E-state index >= 15 is 0 Å². The van der Waals surface area contributed by atoms with E-state index in [0.29, 0.717) is 27.8 Å². The van der Waals surface area contributed by atoms with Gasteiger partial charge in [0.2, 0.25) is 0 Å². The van der Waals surface area contributed by atoms with Crippen molar-refractivity contribution in [2.45, 2.75) is 12.1 Å². The van der Waals surface area contributed by atoms with Gasteiger partial charge in [-0.3, -0.25) is 14.9 Å². The number of nitrogens with one attached hydrogen (secondary N) is 2. The summed E-state index contributed by atoms with van der Waals surface area (Å²) in [5.41, 5.74) is 11.5. The van der Waals surface area contributed by atoms with Crippen molar-refractivity contribution in [2.75, 3.05) is 12.8 Å². The number of primary amides is 1. The summed E-state index contributed by atoms with van der Waals surface area (Å²) in [6.07, 6.45) is 3.21. The first-order valence-corrected chi connectivity index (χ1v) is 10.9. The Morgan fingerprint density at radius 2 is 1.89 bits per heavy atom. The summed E-state index contributed by atoms with van der Waals surface area (Å²) in [4.78, 5) is 40.9. The SMILES string of the molecule is COc1ccc2cn(C[C@@]3(c4ccc(-c5cnc(N)c(C(N)=O)c5)cc4)NC(=O)NC3=O)c(O)c2c1. The predicted octanol–water partition coefficient (Wildman–Crippen LogP) is 1.83. The molecule has 1 saturated heterocycles. The Hall–Kier alpha value is -5.06. The average Bonchev–Trinajstić information content (AvgIpc) is 3.33. The molecule has 0 spiro atoms. The minimum absolute atomic E-state index is 0.0312. The van der Waals surface area contributed by atoms with E-state index in [1.165, 1.54) is 23.9 Å². The molecule has 5 rings (SSSR count). The molecule has 3 heterocycles. The van der Waals surface area contributed by atoms with Crippen molar-refractivity contribution in [3.63, 3.8) is 0 Å². The van der Waals surface area contributed by atoms with Crippen molar-refractivity contribution in [1.29, 1.82) is 0 Å². The standard InChI is InChI=1S/C25H22N6O5/c1-36-17-7-4-14-11-31(22(33)18(14)9-17)12-25(23(34)29-24(35)30-25)16-5-2-13(3-6-16)15-8-19(21(27)32)20(26)28-10-15/h2-11,33H,12H2,1H3,(H2,26,28)(H2,27,32)(H2,29,30,34,35)/t25-/m0/s1. The Kier molecular flexibility index (Phi) is 5.24. The number of rotatable bonds is 6. The van der Waals surface area contributed by atoms with Crippen LogP contribution < -0.4 is 26.8 Å². The van der Waals surface area contributed by atoms with E-state index in [9.17, 15) is 19.5 Å². The lowest BCUT2D eigenvalue weighted by Gasteiger charge is -2.27. The number of hydrogen-bond donors (Lipinski definition) is 5. The number of carbonyl (C=O) groups excluding carboxylic acids is 3. The van der Waals surface area contributed by atoms with Gasteiger partial charge in [-0.1, -0.05) is 24.3 Å². The number of nitrogens with two attached hydrogens (primary N) is 2. The molecule has 7 N–H and O–H groups in total. The van der Waals surface area contributed by atoms with Gasteiger partial charge in [0.05, 0.1) is 19.2 Å². The summed E-state index contributed by atoms with van der Waals surface area (Å²) in [7, 11) is 1.53. The van der Waals surface area contributed by atoms with Crippen LogP contribution in [0.4, 0.5) is 10.6 Å². The zero-order valence-corrected chi connectivity index (χ0v) is 19.1. The zero-order valence-electron chi connectivity index (χ0n) is 19.1. The van der Waals surface area contributed by atoms with Gasteiger partial charge in [0.15, 0.2) is 11.4 Å². The molecular weight excluding hydrogens is 464 g/mol. The highest BCUT2D eigenvalue weighted by molar-refractivity contribution is 6.07. The van der Waals surface area contributed by atoms with E-state index in [0.717, 1.165) is 5.39 Å². The van der Waals surface area contributed by atoms with Crippen molar-refractivity contribution in [3.8, 4) is 22.8 Å². The fraction of sp³-hybridized carbons (Fsp3) is 0.120. The van der Waals surface area contributed by atoms with Gasteiger partial charge < -0.3 is 31.2 Å². The maximum atomic E-state index is 13.1. The van der Waals surface area contributed by atoms with Gasteiger partial charge in [0.25, 0.3) is 11.8 Å². The van der Waals surface area contributed by atoms with Crippen LogP contribution in [-0.4, -0.2) is 39.6 Å². The van der Waals surface area contributed by atoms with Crippen molar-refractivity contribution >= 4 is 34.4 Å². The summed E-state index contributed by atoms with van der Waals surface area (Å²) in [6.45, 7) is -0.0675.